The van der Waals surface area contributed by atoms with Gasteiger partial charge in [0.1, 0.15) is 0 Å². The van der Waals surface area contributed by atoms with Crippen LogP contribution < -0.4 is 0 Å². The second kappa shape index (κ2) is 3.68. The minimum absolute atomic E-state index is 0.464. The van der Waals surface area contributed by atoms with Crippen LogP contribution in [0.3, 0.4) is 0 Å². The molecule has 2 rings (SSSR count). The van der Waals surface area contributed by atoms with Crippen molar-refractivity contribution in [1.29, 1.82) is 0 Å². The van der Waals surface area contributed by atoms with Gasteiger partial charge in [-0.3, -0.25) is 0 Å². The minimum atomic E-state index is -0.464. The summed E-state index contributed by atoms with van der Waals surface area (Å²) in [5, 5.41) is 10.6. The molecular formula is C12H13NO. The number of H-pyrrole nitrogens is 1. The van der Waals surface area contributed by atoms with Gasteiger partial charge in [0.15, 0.2) is 0 Å². The van der Waals surface area contributed by atoms with E-state index in [9.17, 15) is 5.11 Å². The normalized spacial score (nSPS) is 12.9. The van der Waals surface area contributed by atoms with Gasteiger partial charge in [-0.15, -0.1) is 6.58 Å². The van der Waals surface area contributed by atoms with Gasteiger partial charge in [0, 0.05) is 23.5 Å². The van der Waals surface area contributed by atoms with Crippen LogP contribution in [0.5, 0.6) is 0 Å². The Morgan fingerprint density at radius 1 is 1.43 bits per heavy atom. The van der Waals surface area contributed by atoms with E-state index in [1.807, 2.05) is 24.4 Å². The Morgan fingerprint density at radius 3 is 3.00 bits per heavy atom. The Morgan fingerprint density at radius 2 is 2.21 bits per heavy atom. The topological polar surface area (TPSA) is 36.0 Å². The van der Waals surface area contributed by atoms with E-state index in [0.717, 1.165) is 11.1 Å². The zero-order valence-corrected chi connectivity index (χ0v) is 7.90. The Balaban J connectivity index is 2.38. The lowest BCUT2D eigenvalue weighted by Gasteiger charge is -2.02. The van der Waals surface area contributed by atoms with Crippen LogP contribution in [-0.2, 0) is 6.42 Å². The second-order valence-corrected chi connectivity index (χ2v) is 3.37. The summed E-state index contributed by atoms with van der Waals surface area (Å²) in [5.74, 6) is 0. The number of aromatic amines is 1. The number of aromatic nitrogens is 1. The van der Waals surface area contributed by atoms with Gasteiger partial charge >= 0.3 is 0 Å². The number of fused-ring (bicyclic) bond motifs is 1. The first-order chi connectivity index (χ1) is 6.81. The lowest BCUT2D eigenvalue weighted by molar-refractivity contribution is 0.224. The van der Waals surface area contributed by atoms with E-state index in [0.29, 0.717) is 6.42 Å². The van der Waals surface area contributed by atoms with Crippen LogP contribution in [0.4, 0.5) is 0 Å². The Kier molecular flexibility index (Phi) is 2.37. The molecule has 0 radical (unpaired) electrons. The van der Waals surface area contributed by atoms with E-state index in [4.69, 9.17) is 0 Å². The van der Waals surface area contributed by atoms with Gasteiger partial charge in [-0.1, -0.05) is 24.3 Å². The summed E-state index contributed by atoms with van der Waals surface area (Å²) in [4.78, 5) is 3.17. The highest BCUT2D eigenvalue weighted by Crippen LogP contribution is 2.18. The molecule has 2 nitrogen and oxygen atoms in total. The third-order valence-electron chi connectivity index (χ3n) is 2.38. The zero-order valence-electron chi connectivity index (χ0n) is 7.90. The first-order valence-electron chi connectivity index (χ1n) is 4.67. The number of rotatable bonds is 3. The Bertz CT molecular complexity index is 444. The number of hydrogen-bond donors (Lipinski definition) is 2. The molecule has 14 heavy (non-hydrogen) atoms. The van der Waals surface area contributed by atoms with Crippen LogP contribution in [0, 0.1) is 0 Å². The van der Waals surface area contributed by atoms with Gasteiger partial charge in [-0.2, -0.15) is 0 Å². The lowest BCUT2D eigenvalue weighted by atomic mass is 10.1. The molecule has 0 aliphatic heterocycles. The fourth-order valence-corrected chi connectivity index (χ4v) is 1.61. The predicted molar refractivity (Wildman–Crippen MR) is 58.2 cm³/mol. The van der Waals surface area contributed by atoms with Gasteiger partial charge in [0.25, 0.3) is 0 Å². The first-order valence-corrected chi connectivity index (χ1v) is 4.67. The Labute approximate surface area is 82.9 Å². The summed E-state index contributed by atoms with van der Waals surface area (Å²) in [7, 11) is 0. The van der Waals surface area contributed by atoms with E-state index in [-0.39, 0.29) is 0 Å². The van der Waals surface area contributed by atoms with E-state index in [1.54, 1.807) is 6.08 Å². The molecule has 0 bridgehead atoms. The van der Waals surface area contributed by atoms with Crippen LogP contribution in [-0.4, -0.2) is 16.2 Å². The highest BCUT2D eigenvalue weighted by atomic mass is 16.3. The number of aliphatic hydroxyl groups is 1. The van der Waals surface area contributed by atoms with Crippen molar-refractivity contribution < 1.29 is 5.11 Å². The van der Waals surface area contributed by atoms with Crippen LogP contribution in [0.1, 0.15) is 5.56 Å². The van der Waals surface area contributed by atoms with E-state index in [1.165, 1.54) is 5.39 Å². The summed E-state index contributed by atoms with van der Waals surface area (Å²) in [6.07, 6.45) is 3.65. The van der Waals surface area contributed by atoms with E-state index >= 15 is 0 Å². The van der Waals surface area contributed by atoms with Gasteiger partial charge in [0.05, 0.1) is 6.10 Å². The molecule has 0 fully saturated rings. The average Bonchev–Trinajstić information content (AvgIpc) is 2.62. The summed E-state index contributed by atoms with van der Waals surface area (Å²) in [5.41, 5.74) is 2.24. The van der Waals surface area contributed by atoms with Gasteiger partial charge in [-0.25, -0.2) is 0 Å². The number of benzene rings is 1. The largest absolute Gasteiger partial charge is 0.389 e. The minimum Gasteiger partial charge on any atom is -0.389 e. The highest BCUT2D eigenvalue weighted by molar-refractivity contribution is 5.83. The van der Waals surface area contributed by atoms with E-state index in [2.05, 4.69) is 17.6 Å². The molecule has 1 aromatic heterocycles. The van der Waals surface area contributed by atoms with Crippen molar-refractivity contribution >= 4 is 10.9 Å². The fraction of sp³-hybridized carbons (Fsp3) is 0.167. The molecule has 1 aromatic carbocycles. The second-order valence-electron chi connectivity index (χ2n) is 3.37. The predicted octanol–water partition coefficient (Wildman–Crippen LogP) is 2.26. The summed E-state index contributed by atoms with van der Waals surface area (Å²) in [6, 6.07) is 8.07. The monoisotopic (exact) mass is 187 g/mol. The molecule has 0 amide bonds. The van der Waals surface area contributed by atoms with Crippen LogP contribution >= 0.6 is 0 Å². The van der Waals surface area contributed by atoms with Gasteiger partial charge < -0.3 is 10.1 Å². The summed E-state index contributed by atoms with van der Waals surface area (Å²) in [6.45, 7) is 3.56. The number of hydrogen-bond acceptors (Lipinski definition) is 1. The smallest absolute Gasteiger partial charge is 0.0759 e. The molecule has 2 heteroatoms. The maximum absolute atomic E-state index is 9.46. The van der Waals surface area contributed by atoms with Crippen molar-refractivity contribution in [2.75, 3.05) is 0 Å². The fourth-order valence-electron chi connectivity index (χ4n) is 1.61. The van der Waals surface area contributed by atoms with Gasteiger partial charge in [0.2, 0.25) is 0 Å². The lowest BCUT2D eigenvalue weighted by Crippen LogP contribution is -2.05. The maximum atomic E-state index is 9.46. The Hall–Kier alpha value is -1.54. The molecule has 1 atom stereocenters. The molecule has 1 heterocycles. The van der Waals surface area contributed by atoms with Crippen molar-refractivity contribution in [3.05, 3.63) is 48.7 Å². The van der Waals surface area contributed by atoms with Crippen molar-refractivity contribution in [3.8, 4) is 0 Å². The molecule has 1 unspecified atom stereocenters. The number of para-hydroxylation sites is 1. The standard InChI is InChI=1S/C12H13NO/c1-2-10(14)7-9-8-13-12-6-4-3-5-11(9)12/h2-6,8,10,13-14H,1,7H2. The molecule has 2 N–H and O–H groups in total. The third kappa shape index (κ3) is 1.56. The SMILES string of the molecule is C=CC(O)Cc1c[nH]c2ccccc12. The molecule has 0 aliphatic rings. The summed E-state index contributed by atoms with van der Waals surface area (Å²) >= 11 is 0. The quantitative estimate of drug-likeness (QED) is 0.710. The molecule has 0 saturated heterocycles. The van der Waals surface area contributed by atoms with Crippen molar-refractivity contribution in [2.45, 2.75) is 12.5 Å². The van der Waals surface area contributed by atoms with Crippen molar-refractivity contribution in [1.82, 2.24) is 4.98 Å². The number of nitrogens with one attached hydrogen (secondary N) is 1. The zero-order chi connectivity index (χ0) is 9.97. The van der Waals surface area contributed by atoms with Gasteiger partial charge in [-0.05, 0) is 11.6 Å². The molecule has 72 valence electrons. The van der Waals surface area contributed by atoms with E-state index < -0.39 is 6.10 Å². The van der Waals surface area contributed by atoms with Crippen molar-refractivity contribution in [3.63, 3.8) is 0 Å². The molecule has 0 aliphatic carbocycles. The summed E-state index contributed by atoms with van der Waals surface area (Å²) < 4.78 is 0. The van der Waals surface area contributed by atoms with Crippen LogP contribution in [0.25, 0.3) is 10.9 Å². The highest BCUT2D eigenvalue weighted by Gasteiger charge is 2.05. The molecule has 2 aromatic rings. The maximum Gasteiger partial charge on any atom is 0.0759 e. The molecule has 0 saturated carbocycles. The van der Waals surface area contributed by atoms with Crippen LogP contribution in [0.15, 0.2) is 43.1 Å². The first kappa shape index (κ1) is 9.03. The van der Waals surface area contributed by atoms with Crippen LogP contribution in [0.2, 0.25) is 0 Å². The van der Waals surface area contributed by atoms with Crippen molar-refractivity contribution in [2.24, 2.45) is 0 Å². The average molecular weight is 187 g/mol. The number of aliphatic hydroxyl groups excluding tert-OH is 1. The molecular weight excluding hydrogens is 174 g/mol. The third-order valence-corrected chi connectivity index (χ3v) is 2.38. The molecule has 0 spiro atoms.